The SMILES string of the molecule is Cc1nc(C)c(CNCCn2cncn2)s1. The van der Waals surface area contributed by atoms with Crippen molar-refractivity contribution < 1.29 is 0 Å². The molecule has 0 amide bonds. The first-order valence-electron chi connectivity index (χ1n) is 5.22. The van der Waals surface area contributed by atoms with Crippen molar-refractivity contribution >= 4 is 11.3 Å². The van der Waals surface area contributed by atoms with E-state index < -0.39 is 0 Å². The van der Waals surface area contributed by atoms with Crippen LogP contribution >= 0.6 is 11.3 Å². The average molecular weight is 237 g/mol. The molecule has 86 valence electrons. The van der Waals surface area contributed by atoms with Gasteiger partial charge in [0.25, 0.3) is 0 Å². The molecule has 0 atom stereocenters. The van der Waals surface area contributed by atoms with Gasteiger partial charge in [-0.25, -0.2) is 9.97 Å². The van der Waals surface area contributed by atoms with Crippen LogP contribution in [0.25, 0.3) is 0 Å². The largest absolute Gasteiger partial charge is 0.310 e. The molecule has 0 aromatic carbocycles. The smallest absolute Gasteiger partial charge is 0.137 e. The monoisotopic (exact) mass is 237 g/mol. The first-order valence-corrected chi connectivity index (χ1v) is 6.03. The zero-order chi connectivity index (χ0) is 11.4. The van der Waals surface area contributed by atoms with Crippen LogP contribution in [0.1, 0.15) is 15.6 Å². The molecule has 0 saturated heterocycles. The fourth-order valence-electron chi connectivity index (χ4n) is 1.48. The summed E-state index contributed by atoms with van der Waals surface area (Å²) in [4.78, 5) is 9.60. The van der Waals surface area contributed by atoms with Crippen LogP contribution in [0, 0.1) is 13.8 Å². The predicted octanol–water partition coefficient (Wildman–Crippen LogP) is 1.14. The summed E-state index contributed by atoms with van der Waals surface area (Å²) in [6.07, 6.45) is 3.28. The lowest BCUT2D eigenvalue weighted by molar-refractivity contribution is 0.555. The van der Waals surface area contributed by atoms with E-state index in [2.05, 4.69) is 27.3 Å². The Kier molecular flexibility index (Phi) is 3.63. The van der Waals surface area contributed by atoms with E-state index in [-0.39, 0.29) is 0 Å². The minimum atomic E-state index is 0.844. The maximum absolute atomic E-state index is 4.39. The molecule has 1 N–H and O–H groups in total. The molecule has 2 heterocycles. The molecule has 2 aromatic rings. The van der Waals surface area contributed by atoms with Gasteiger partial charge in [-0.1, -0.05) is 0 Å². The van der Waals surface area contributed by atoms with E-state index in [1.165, 1.54) is 4.88 Å². The van der Waals surface area contributed by atoms with Crippen LogP contribution in [0.15, 0.2) is 12.7 Å². The highest BCUT2D eigenvalue weighted by Gasteiger charge is 2.03. The van der Waals surface area contributed by atoms with Gasteiger partial charge >= 0.3 is 0 Å². The Labute approximate surface area is 98.5 Å². The fraction of sp³-hybridized carbons (Fsp3) is 0.500. The molecule has 0 saturated carbocycles. The molecule has 0 radical (unpaired) electrons. The quantitative estimate of drug-likeness (QED) is 0.792. The summed E-state index contributed by atoms with van der Waals surface area (Å²) >= 11 is 1.75. The highest BCUT2D eigenvalue weighted by Crippen LogP contribution is 2.16. The number of nitrogens with zero attached hydrogens (tertiary/aromatic N) is 4. The van der Waals surface area contributed by atoms with E-state index in [9.17, 15) is 0 Å². The van der Waals surface area contributed by atoms with Gasteiger partial charge in [-0.2, -0.15) is 5.10 Å². The molecule has 0 aliphatic carbocycles. The molecule has 0 spiro atoms. The third-order valence-electron chi connectivity index (χ3n) is 2.27. The van der Waals surface area contributed by atoms with Crippen LogP contribution in [-0.4, -0.2) is 26.3 Å². The van der Waals surface area contributed by atoms with E-state index in [0.717, 1.165) is 30.3 Å². The normalized spacial score (nSPS) is 10.9. The Morgan fingerprint density at radius 2 is 2.31 bits per heavy atom. The lowest BCUT2D eigenvalue weighted by Crippen LogP contribution is -2.19. The molecular formula is C10H15N5S. The van der Waals surface area contributed by atoms with Crippen molar-refractivity contribution in [2.45, 2.75) is 26.9 Å². The average Bonchev–Trinajstić information content (AvgIpc) is 2.84. The standard InChI is InChI=1S/C10H15N5S/c1-8-10(16-9(2)14-8)5-11-3-4-15-7-12-6-13-15/h6-7,11H,3-5H2,1-2H3. The molecular weight excluding hydrogens is 222 g/mol. The van der Waals surface area contributed by atoms with Crippen LogP contribution in [0.3, 0.4) is 0 Å². The molecule has 0 bridgehead atoms. The van der Waals surface area contributed by atoms with Crippen LogP contribution < -0.4 is 5.32 Å². The van der Waals surface area contributed by atoms with Crippen LogP contribution in [0.4, 0.5) is 0 Å². The molecule has 0 aliphatic rings. The number of nitrogens with one attached hydrogen (secondary N) is 1. The molecule has 0 fully saturated rings. The second-order valence-corrected chi connectivity index (χ2v) is 4.86. The maximum atomic E-state index is 4.39. The van der Waals surface area contributed by atoms with E-state index in [4.69, 9.17) is 0 Å². The van der Waals surface area contributed by atoms with Gasteiger partial charge in [0.2, 0.25) is 0 Å². The van der Waals surface area contributed by atoms with Crippen molar-refractivity contribution in [1.29, 1.82) is 0 Å². The number of thiazole rings is 1. The van der Waals surface area contributed by atoms with Gasteiger partial charge in [0.1, 0.15) is 12.7 Å². The molecule has 2 rings (SSSR count). The Morgan fingerprint density at radius 3 is 2.94 bits per heavy atom. The summed E-state index contributed by atoms with van der Waals surface area (Å²) in [6, 6.07) is 0. The van der Waals surface area contributed by atoms with E-state index >= 15 is 0 Å². The molecule has 6 heteroatoms. The lowest BCUT2D eigenvalue weighted by atomic mass is 10.4. The maximum Gasteiger partial charge on any atom is 0.137 e. The molecule has 0 aliphatic heterocycles. The van der Waals surface area contributed by atoms with Crippen molar-refractivity contribution in [3.05, 3.63) is 28.2 Å². The van der Waals surface area contributed by atoms with Crippen molar-refractivity contribution in [3.63, 3.8) is 0 Å². The van der Waals surface area contributed by atoms with Crippen molar-refractivity contribution in [1.82, 2.24) is 25.1 Å². The minimum absolute atomic E-state index is 0.844. The second-order valence-electron chi connectivity index (χ2n) is 3.58. The second kappa shape index (κ2) is 5.18. The Hall–Kier alpha value is -1.27. The summed E-state index contributed by atoms with van der Waals surface area (Å²) in [5.41, 5.74) is 1.13. The van der Waals surface area contributed by atoms with E-state index in [1.807, 2.05) is 11.6 Å². The summed E-state index contributed by atoms with van der Waals surface area (Å²) in [6.45, 7) is 6.71. The third kappa shape index (κ3) is 2.86. The van der Waals surface area contributed by atoms with Gasteiger partial charge in [0, 0.05) is 18.0 Å². The Balaban J connectivity index is 1.74. The van der Waals surface area contributed by atoms with Gasteiger partial charge in [-0.15, -0.1) is 11.3 Å². The minimum Gasteiger partial charge on any atom is -0.310 e. The first-order chi connectivity index (χ1) is 7.75. The topological polar surface area (TPSA) is 55.6 Å². The van der Waals surface area contributed by atoms with Gasteiger partial charge < -0.3 is 5.32 Å². The summed E-state index contributed by atoms with van der Waals surface area (Å²) < 4.78 is 1.82. The highest BCUT2D eigenvalue weighted by atomic mass is 32.1. The predicted molar refractivity (Wildman–Crippen MR) is 63.3 cm³/mol. The molecule has 0 unspecified atom stereocenters. The van der Waals surface area contributed by atoms with E-state index in [1.54, 1.807) is 24.0 Å². The number of aryl methyl sites for hydroxylation is 2. The molecule has 16 heavy (non-hydrogen) atoms. The Bertz CT molecular complexity index is 434. The zero-order valence-corrected chi connectivity index (χ0v) is 10.3. The van der Waals surface area contributed by atoms with E-state index in [0.29, 0.717) is 0 Å². The third-order valence-corrected chi connectivity index (χ3v) is 3.34. The molecule has 2 aromatic heterocycles. The number of hydrogen-bond donors (Lipinski definition) is 1. The summed E-state index contributed by atoms with van der Waals surface area (Å²) in [5, 5.41) is 8.54. The van der Waals surface area contributed by atoms with Gasteiger partial charge in [0.15, 0.2) is 0 Å². The van der Waals surface area contributed by atoms with Gasteiger partial charge in [0.05, 0.1) is 17.2 Å². The Morgan fingerprint density at radius 1 is 1.44 bits per heavy atom. The van der Waals surface area contributed by atoms with Crippen LogP contribution in [-0.2, 0) is 13.1 Å². The van der Waals surface area contributed by atoms with Gasteiger partial charge in [-0.05, 0) is 13.8 Å². The number of hydrogen-bond acceptors (Lipinski definition) is 5. The molecule has 5 nitrogen and oxygen atoms in total. The van der Waals surface area contributed by atoms with Crippen LogP contribution in [0.2, 0.25) is 0 Å². The number of aromatic nitrogens is 4. The van der Waals surface area contributed by atoms with Crippen molar-refractivity contribution in [2.24, 2.45) is 0 Å². The van der Waals surface area contributed by atoms with Crippen molar-refractivity contribution in [3.8, 4) is 0 Å². The summed E-state index contributed by atoms with van der Waals surface area (Å²) in [5.74, 6) is 0. The number of rotatable bonds is 5. The zero-order valence-electron chi connectivity index (χ0n) is 9.47. The van der Waals surface area contributed by atoms with Gasteiger partial charge in [-0.3, -0.25) is 4.68 Å². The van der Waals surface area contributed by atoms with Crippen LogP contribution in [0.5, 0.6) is 0 Å². The fourth-order valence-corrected chi connectivity index (χ4v) is 2.39. The lowest BCUT2D eigenvalue weighted by Gasteiger charge is -2.03. The first kappa shape index (κ1) is 11.2. The summed E-state index contributed by atoms with van der Waals surface area (Å²) in [7, 11) is 0. The van der Waals surface area contributed by atoms with Crippen molar-refractivity contribution in [2.75, 3.05) is 6.54 Å². The highest BCUT2D eigenvalue weighted by molar-refractivity contribution is 7.11.